The highest BCUT2D eigenvalue weighted by Crippen LogP contribution is 2.33. The number of sulfonamides is 1. The predicted octanol–water partition coefficient (Wildman–Crippen LogP) is -0.130. The zero-order valence-electron chi connectivity index (χ0n) is 10.1. The average molecular weight is 273 g/mol. The van der Waals surface area contributed by atoms with Crippen molar-refractivity contribution in [3.8, 4) is 0 Å². The van der Waals surface area contributed by atoms with E-state index in [-0.39, 0.29) is 10.9 Å². The number of nitrogens with one attached hydrogen (secondary N) is 1. The third kappa shape index (κ3) is 2.54. The molecule has 0 amide bonds. The first-order valence-corrected chi connectivity index (χ1v) is 7.04. The third-order valence-corrected chi connectivity index (χ3v) is 4.32. The van der Waals surface area contributed by atoms with Gasteiger partial charge in [-0.1, -0.05) is 0 Å². The maximum atomic E-state index is 12.0. The zero-order chi connectivity index (χ0) is 13.5. The van der Waals surface area contributed by atoms with Crippen LogP contribution < -0.4 is 4.72 Å². The van der Waals surface area contributed by atoms with Crippen LogP contribution in [0.15, 0.2) is 11.2 Å². The summed E-state index contributed by atoms with van der Waals surface area (Å²) in [4.78, 5) is 14.9. The lowest BCUT2D eigenvalue weighted by Crippen LogP contribution is -2.42. The lowest BCUT2D eigenvalue weighted by molar-refractivity contribution is -0.139. The largest absolute Gasteiger partial charge is 0.480 e. The number of imidazole rings is 1. The number of carbonyl (C=O) groups is 1. The highest BCUT2D eigenvalue weighted by molar-refractivity contribution is 7.89. The molecule has 0 bridgehead atoms. The van der Waals surface area contributed by atoms with E-state index in [1.54, 1.807) is 18.5 Å². The van der Waals surface area contributed by atoms with Gasteiger partial charge >= 0.3 is 5.97 Å². The molecule has 1 aromatic rings. The quantitative estimate of drug-likeness (QED) is 0.778. The highest BCUT2D eigenvalue weighted by Gasteiger charge is 2.39. The molecule has 2 rings (SSSR count). The van der Waals surface area contributed by atoms with E-state index < -0.39 is 22.0 Å². The number of aromatic nitrogens is 2. The molecule has 0 spiro atoms. The summed E-state index contributed by atoms with van der Waals surface area (Å²) >= 11 is 0. The van der Waals surface area contributed by atoms with Gasteiger partial charge in [-0.05, 0) is 25.7 Å². The van der Waals surface area contributed by atoms with Crippen LogP contribution in [0.3, 0.4) is 0 Å². The number of rotatable bonds is 5. The number of hydrogen-bond acceptors (Lipinski definition) is 4. The van der Waals surface area contributed by atoms with Gasteiger partial charge in [-0.2, -0.15) is 4.72 Å². The fourth-order valence-electron chi connectivity index (χ4n) is 1.66. The lowest BCUT2D eigenvalue weighted by Gasteiger charge is -2.12. The van der Waals surface area contributed by atoms with E-state index in [4.69, 9.17) is 5.11 Å². The Kier molecular flexibility index (Phi) is 3.16. The van der Waals surface area contributed by atoms with Gasteiger partial charge in [0.1, 0.15) is 11.9 Å². The van der Waals surface area contributed by atoms with E-state index in [1.807, 2.05) is 0 Å². The number of carboxylic acid groups (broad SMARTS) is 1. The molecule has 1 fully saturated rings. The van der Waals surface area contributed by atoms with Gasteiger partial charge in [0.2, 0.25) is 0 Å². The molecule has 18 heavy (non-hydrogen) atoms. The predicted molar refractivity (Wildman–Crippen MR) is 62.4 cm³/mol. The molecule has 1 heterocycles. The first kappa shape index (κ1) is 13.0. The summed E-state index contributed by atoms with van der Waals surface area (Å²) in [7, 11) is -2.20. The van der Waals surface area contributed by atoms with Crippen LogP contribution in [-0.4, -0.2) is 35.1 Å². The van der Waals surface area contributed by atoms with Gasteiger partial charge in [0.05, 0.1) is 0 Å². The highest BCUT2D eigenvalue weighted by atomic mass is 32.2. The van der Waals surface area contributed by atoms with Crippen molar-refractivity contribution in [2.75, 3.05) is 0 Å². The van der Waals surface area contributed by atoms with Crippen molar-refractivity contribution in [2.24, 2.45) is 13.0 Å². The molecule has 0 saturated heterocycles. The van der Waals surface area contributed by atoms with Crippen LogP contribution in [0.2, 0.25) is 0 Å². The van der Waals surface area contributed by atoms with Gasteiger partial charge in [0.25, 0.3) is 10.0 Å². The van der Waals surface area contributed by atoms with Crippen molar-refractivity contribution in [3.05, 3.63) is 12.0 Å². The topological polar surface area (TPSA) is 101 Å². The van der Waals surface area contributed by atoms with Gasteiger partial charge in [-0.3, -0.25) is 4.79 Å². The zero-order valence-corrected chi connectivity index (χ0v) is 10.9. The van der Waals surface area contributed by atoms with E-state index in [2.05, 4.69) is 9.71 Å². The van der Waals surface area contributed by atoms with Gasteiger partial charge in [0.15, 0.2) is 5.03 Å². The summed E-state index contributed by atoms with van der Waals surface area (Å²) < 4.78 is 27.8. The van der Waals surface area contributed by atoms with Crippen molar-refractivity contribution in [2.45, 2.75) is 30.8 Å². The summed E-state index contributed by atoms with van der Waals surface area (Å²) in [6, 6.07) is -1.06. The number of aliphatic carboxylic acids is 1. The summed E-state index contributed by atoms with van der Waals surface area (Å²) in [5.74, 6) is -0.704. The molecule has 0 aliphatic heterocycles. The van der Waals surface area contributed by atoms with Crippen molar-refractivity contribution >= 4 is 16.0 Å². The second-order valence-corrected chi connectivity index (χ2v) is 6.17. The van der Waals surface area contributed by atoms with Crippen molar-refractivity contribution in [1.29, 1.82) is 0 Å². The number of carboxylic acids is 1. The molecule has 1 saturated carbocycles. The van der Waals surface area contributed by atoms with E-state index in [1.165, 1.54) is 6.20 Å². The first-order chi connectivity index (χ1) is 8.31. The molecule has 1 aliphatic rings. The van der Waals surface area contributed by atoms with Crippen LogP contribution in [0, 0.1) is 12.8 Å². The minimum absolute atomic E-state index is 0.109. The number of hydrogen-bond donors (Lipinski definition) is 2. The van der Waals surface area contributed by atoms with Gasteiger partial charge in [-0.25, -0.2) is 13.4 Å². The molecule has 1 aromatic heterocycles. The normalized spacial score (nSPS) is 17.7. The van der Waals surface area contributed by atoms with Crippen LogP contribution in [0.5, 0.6) is 0 Å². The standard InChI is InChI=1S/C10H15N3O4S/c1-6-11-8(5-13(6)2)18(16,17)12-9(10(14)15)7-3-4-7/h5,7,9,12H,3-4H2,1-2H3,(H,14,15). The summed E-state index contributed by atoms with van der Waals surface area (Å²) in [6.07, 6.45) is 2.84. The first-order valence-electron chi connectivity index (χ1n) is 5.56. The minimum Gasteiger partial charge on any atom is -0.480 e. The SMILES string of the molecule is Cc1nc(S(=O)(=O)NC(C(=O)O)C2CC2)cn1C. The minimum atomic E-state index is -3.87. The Morgan fingerprint density at radius 2 is 2.22 bits per heavy atom. The Labute approximate surface area is 105 Å². The number of aryl methyl sites for hydroxylation is 2. The maximum absolute atomic E-state index is 12.0. The van der Waals surface area contributed by atoms with Gasteiger partial charge in [0, 0.05) is 13.2 Å². The lowest BCUT2D eigenvalue weighted by atomic mass is 10.2. The average Bonchev–Trinajstić information content (AvgIpc) is 3.03. The second-order valence-electron chi connectivity index (χ2n) is 4.51. The van der Waals surface area contributed by atoms with Crippen LogP contribution >= 0.6 is 0 Å². The maximum Gasteiger partial charge on any atom is 0.322 e. The molecule has 8 heteroatoms. The Bertz CT molecular complexity index is 554. The van der Waals surface area contributed by atoms with Crippen LogP contribution in [0.25, 0.3) is 0 Å². The Balaban J connectivity index is 2.23. The smallest absolute Gasteiger partial charge is 0.322 e. The molecule has 1 atom stereocenters. The van der Waals surface area contributed by atoms with E-state index >= 15 is 0 Å². The Morgan fingerprint density at radius 3 is 2.61 bits per heavy atom. The van der Waals surface area contributed by atoms with Gasteiger partial charge < -0.3 is 9.67 Å². The van der Waals surface area contributed by atoms with Crippen molar-refractivity contribution < 1.29 is 18.3 Å². The molecule has 2 N–H and O–H groups in total. The summed E-state index contributed by atoms with van der Waals surface area (Å²) in [6.45, 7) is 1.68. The Morgan fingerprint density at radius 1 is 1.61 bits per heavy atom. The van der Waals surface area contributed by atoms with E-state index in [9.17, 15) is 13.2 Å². The van der Waals surface area contributed by atoms with Crippen LogP contribution in [-0.2, 0) is 21.9 Å². The fourth-order valence-corrected chi connectivity index (χ4v) is 2.96. The van der Waals surface area contributed by atoms with Gasteiger partial charge in [-0.15, -0.1) is 0 Å². The molecular weight excluding hydrogens is 258 g/mol. The molecule has 100 valence electrons. The van der Waals surface area contributed by atoms with Crippen molar-refractivity contribution in [3.63, 3.8) is 0 Å². The van der Waals surface area contributed by atoms with E-state index in [0.717, 1.165) is 12.8 Å². The molecule has 7 nitrogen and oxygen atoms in total. The van der Waals surface area contributed by atoms with E-state index in [0.29, 0.717) is 5.82 Å². The second kappa shape index (κ2) is 4.36. The molecule has 0 radical (unpaired) electrons. The number of nitrogens with zero attached hydrogens (tertiary/aromatic N) is 2. The third-order valence-electron chi connectivity index (χ3n) is 3.00. The molecule has 0 aromatic carbocycles. The van der Waals surface area contributed by atoms with Crippen molar-refractivity contribution in [1.82, 2.24) is 14.3 Å². The molecule has 1 aliphatic carbocycles. The molecule has 1 unspecified atom stereocenters. The Hall–Kier alpha value is -1.41. The summed E-state index contributed by atoms with van der Waals surface area (Å²) in [5, 5.41) is 8.86. The van der Waals surface area contributed by atoms with Crippen LogP contribution in [0.1, 0.15) is 18.7 Å². The molecular formula is C10H15N3O4S. The monoisotopic (exact) mass is 273 g/mol. The van der Waals surface area contributed by atoms with Crippen LogP contribution in [0.4, 0.5) is 0 Å². The summed E-state index contributed by atoms with van der Waals surface area (Å²) in [5.41, 5.74) is 0. The fraction of sp³-hybridized carbons (Fsp3) is 0.600.